The zero-order valence-corrected chi connectivity index (χ0v) is 12.6. The van der Waals surface area contributed by atoms with Crippen molar-refractivity contribution in [2.24, 2.45) is 5.92 Å². The van der Waals surface area contributed by atoms with E-state index >= 15 is 0 Å². The lowest BCUT2D eigenvalue weighted by molar-refractivity contribution is -0.384. The van der Waals surface area contributed by atoms with Crippen molar-refractivity contribution in [2.45, 2.75) is 32.9 Å². The number of nitro benzene ring substituents is 1. The molecule has 21 heavy (non-hydrogen) atoms. The molecule has 1 aliphatic heterocycles. The van der Waals surface area contributed by atoms with E-state index in [2.05, 4.69) is 17.1 Å². The van der Waals surface area contributed by atoms with Gasteiger partial charge in [0.2, 0.25) is 0 Å². The Morgan fingerprint density at radius 2 is 2.29 bits per heavy atom. The van der Waals surface area contributed by atoms with Crippen molar-refractivity contribution < 1.29 is 10.0 Å². The first-order chi connectivity index (χ1) is 10.1. The average molecular weight is 293 g/mol. The summed E-state index contributed by atoms with van der Waals surface area (Å²) in [5, 5.41) is 23.7. The van der Waals surface area contributed by atoms with Crippen LogP contribution < -0.4 is 5.32 Å². The third-order valence-electron chi connectivity index (χ3n) is 4.20. The van der Waals surface area contributed by atoms with E-state index in [4.69, 9.17) is 0 Å². The molecule has 0 saturated carbocycles. The summed E-state index contributed by atoms with van der Waals surface area (Å²) in [7, 11) is 0. The van der Waals surface area contributed by atoms with Gasteiger partial charge in [0.25, 0.3) is 5.69 Å². The maximum absolute atomic E-state index is 11.2. The van der Waals surface area contributed by atoms with E-state index in [-0.39, 0.29) is 23.3 Å². The molecular formula is C15H23N3O3. The van der Waals surface area contributed by atoms with Gasteiger partial charge >= 0.3 is 0 Å². The van der Waals surface area contributed by atoms with Gasteiger partial charge in [-0.25, -0.2) is 0 Å². The summed E-state index contributed by atoms with van der Waals surface area (Å²) < 4.78 is 0. The monoisotopic (exact) mass is 293 g/mol. The van der Waals surface area contributed by atoms with Gasteiger partial charge in [0.05, 0.1) is 11.5 Å². The molecule has 0 aromatic heterocycles. The highest BCUT2D eigenvalue weighted by Gasteiger charge is 2.30. The molecule has 1 aromatic carbocycles. The molecule has 1 fully saturated rings. The van der Waals surface area contributed by atoms with E-state index < -0.39 is 0 Å². The Hall–Kier alpha value is -1.66. The maximum Gasteiger partial charge on any atom is 0.292 e. The quantitative estimate of drug-likeness (QED) is 0.621. The fourth-order valence-electron chi connectivity index (χ4n) is 2.98. The highest BCUT2D eigenvalue weighted by atomic mass is 16.6. The maximum atomic E-state index is 11.2. The Kier molecular flexibility index (Phi) is 5.14. The van der Waals surface area contributed by atoms with Gasteiger partial charge in [0.15, 0.2) is 0 Å². The van der Waals surface area contributed by atoms with Crippen LogP contribution in [0.25, 0.3) is 0 Å². The molecule has 6 heteroatoms. The molecule has 1 heterocycles. The molecule has 0 spiro atoms. The van der Waals surface area contributed by atoms with Gasteiger partial charge in [-0.2, -0.15) is 0 Å². The van der Waals surface area contributed by atoms with Crippen molar-refractivity contribution in [3.63, 3.8) is 0 Å². The predicted octanol–water partition coefficient (Wildman–Crippen LogP) is 2.23. The largest absolute Gasteiger partial charge is 0.395 e. The van der Waals surface area contributed by atoms with E-state index in [1.807, 2.05) is 13.0 Å². The van der Waals surface area contributed by atoms with Crippen LogP contribution in [0.5, 0.6) is 0 Å². The number of anilines is 1. The molecule has 0 radical (unpaired) electrons. The van der Waals surface area contributed by atoms with Crippen molar-refractivity contribution in [1.29, 1.82) is 0 Å². The molecule has 1 aliphatic rings. The first kappa shape index (κ1) is 15.7. The number of hydrogen-bond donors (Lipinski definition) is 2. The fraction of sp³-hybridized carbons (Fsp3) is 0.600. The third-order valence-corrected chi connectivity index (χ3v) is 4.20. The molecule has 6 nitrogen and oxygen atoms in total. The van der Waals surface area contributed by atoms with E-state index in [9.17, 15) is 15.2 Å². The molecule has 0 amide bonds. The van der Waals surface area contributed by atoms with Crippen LogP contribution in [0.15, 0.2) is 18.2 Å². The van der Waals surface area contributed by atoms with Crippen molar-refractivity contribution >= 4 is 11.4 Å². The zero-order chi connectivity index (χ0) is 15.4. The second-order valence-corrected chi connectivity index (χ2v) is 5.63. The van der Waals surface area contributed by atoms with Crippen LogP contribution in [0.3, 0.4) is 0 Å². The minimum absolute atomic E-state index is 0.113. The van der Waals surface area contributed by atoms with Crippen LogP contribution in [0, 0.1) is 16.0 Å². The molecule has 2 unspecified atom stereocenters. The van der Waals surface area contributed by atoms with Crippen molar-refractivity contribution in [2.75, 3.05) is 25.0 Å². The number of nitrogens with one attached hydrogen (secondary N) is 1. The molecule has 0 bridgehead atoms. The average Bonchev–Trinajstić information content (AvgIpc) is 2.80. The third kappa shape index (κ3) is 3.51. The topological polar surface area (TPSA) is 78.6 Å². The SMILES string of the molecule is CCNc1ccc(CN2CCC(C)C2CO)cc1[N+](=O)[O-]. The summed E-state index contributed by atoms with van der Waals surface area (Å²) in [4.78, 5) is 13.0. The number of benzene rings is 1. The summed E-state index contributed by atoms with van der Waals surface area (Å²) in [5.41, 5.74) is 1.58. The minimum atomic E-state index is -0.350. The lowest BCUT2D eigenvalue weighted by Crippen LogP contribution is -2.34. The predicted molar refractivity (Wildman–Crippen MR) is 82.3 cm³/mol. The normalized spacial score (nSPS) is 22.4. The Labute approximate surface area is 124 Å². The van der Waals surface area contributed by atoms with Gasteiger partial charge in [0, 0.05) is 25.2 Å². The summed E-state index contributed by atoms with van der Waals surface area (Å²) in [5.74, 6) is 0.464. The number of nitro groups is 1. The fourth-order valence-corrected chi connectivity index (χ4v) is 2.98. The van der Waals surface area contributed by atoms with Gasteiger partial charge in [-0.05, 0) is 37.4 Å². The van der Waals surface area contributed by atoms with Crippen LogP contribution >= 0.6 is 0 Å². The number of nitrogens with zero attached hydrogens (tertiary/aromatic N) is 2. The van der Waals surface area contributed by atoms with E-state index in [1.165, 1.54) is 0 Å². The Bertz CT molecular complexity index is 507. The zero-order valence-electron chi connectivity index (χ0n) is 12.6. The standard InChI is InChI=1S/C15H23N3O3/c1-3-16-13-5-4-12(8-14(13)18(20)21)9-17-7-6-11(2)15(17)10-19/h4-5,8,11,15-16,19H,3,6-7,9-10H2,1-2H3. The first-order valence-electron chi connectivity index (χ1n) is 7.43. The van der Waals surface area contributed by atoms with Crippen LogP contribution in [0.4, 0.5) is 11.4 Å². The van der Waals surface area contributed by atoms with Crippen LogP contribution in [-0.4, -0.2) is 40.7 Å². The van der Waals surface area contributed by atoms with Gasteiger partial charge in [-0.1, -0.05) is 13.0 Å². The number of aliphatic hydroxyl groups excluding tert-OH is 1. The molecular weight excluding hydrogens is 270 g/mol. The van der Waals surface area contributed by atoms with E-state index in [0.717, 1.165) is 18.5 Å². The van der Waals surface area contributed by atoms with Gasteiger partial charge < -0.3 is 10.4 Å². The summed E-state index contributed by atoms with van der Waals surface area (Å²) in [6, 6.07) is 5.47. The highest BCUT2D eigenvalue weighted by Crippen LogP contribution is 2.29. The molecule has 2 N–H and O–H groups in total. The Morgan fingerprint density at radius 3 is 2.90 bits per heavy atom. The lowest BCUT2D eigenvalue weighted by atomic mass is 10.0. The van der Waals surface area contributed by atoms with Gasteiger partial charge in [-0.3, -0.25) is 15.0 Å². The Balaban J connectivity index is 2.17. The van der Waals surface area contributed by atoms with Crippen LogP contribution in [0.2, 0.25) is 0 Å². The molecule has 2 atom stereocenters. The molecule has 0 aliphatic carbocycles. The smallest absolute Gasteiger partial charge is 0.292 e. The number of rotatable bonds is 6. The van der Waals surface area contributed by atoms with Crippen LogP contribution in [0.1, 0.15) is 25.8 Å². The molecule has 2 rings (SSSR count). The highest BCUT2D eigenvalue weighted by molar-refractivity contribution is 5.62. The second kappa shape index (κ2) is 6.87. The number of likely N-dealkylation sites (tertiary alicyclic amines) is 1. The lowest BCUT2D eigenvalue weighted by Gasteiger charge is -2.25. The summed E-state index contributed by atoms with van der Waals surface area (Å²) in [6.07, 6.45) is 1.06. The first-order valence-corrected chi connectivity index (χ1v) is 7.43. The second-order valence-electron chi connectivity index (χ2n) is 5.63. The summed E-state index contributed by atoms with van der Waals surface area (Å²) >= 11 is 0. The van der Waals surface area contributed by atoms with Crippen molar-refractivity contribution in [3.8, 4) is 0 Å². The summed E-state index contributed by atoms with van der Waals surface area (Å²) in [6.45, 7) is 6.40. The van der Waals surface area contributed by atoms with E-state index in [1.54, 1.807) is 12.1 Å². The molecule has 1 aromatic rings. The van der Waals surface area contributed by atoms with Crippen molar-refractivity contribution in [1.82, 2.24) is 4.90 Å². The van der Waals surface area contributed by atoms with Gasteiger partial charge in [-0.15, -0.1) is 0 Å². The Morgan fingerprint density at radius 1 is 1.52 bits per heavy atom. The minimum Gasteiger partial charge on any atom is -0.395 e. The van der Waals surface area contributed by atoms with Gasteiger partial charge in [0.1, 0.15) is 5.69 Å². The van der Waals surface area contributed by atoms with E-state index in [0.29, 0.717) is 24.7 Å². The number of hydrogen-bond acceptors (Lipinski definition) is 5. The molecule has 1 saturated heterocycles. The molecule has 116 valence electrons. The number of aliphatic hydroxyl groups is 1. The van der Waals surface area contributed by atoms with Crippen molar-refractivity contribution in [3.05, 3.63) is 33.9 Å². The van der Waals surface area contributed by atoms with Crippen LogP contribution in [-0.2, 0) is 6.54 Å².